The standard InChI is InChI=1S/C27H30O6/c28-16-23-24(30-17-20-10-4-1-5-11-20)25(31-18-21-12-6-2-7-13-21)26(27(29)33-23)32-19-22-14-8-3-9-15-22/h1-15,23-29H,16-19H2/t23?,24-,25+,26?,27-/m0/s1. The summed E-state index contributed by atoms with van der Waals surface area (Å²) in [6, 6.07) is 29.3. The van der Waals surface area contributed by atoms with Gasteiger partial charge in [0.1, 0.15) is 24.4 Å². The molecule has 1 saturated heterocycles. The van der Waals surface area contributed by atoms with Gasteiger partial charge in [0.25, 0.3) is 0 Å². The van der Waals surface area contributed by atoms with Crippen LogP contribution in [-0.4, -0.2) is 47.5 Å². The number of hydrogen-bond donors (Lipinski definition) is 2. The lowest BCUT2D eigenvalue weighted by atomic mass is 9.98. The quantitative estimate of drug-likeness (QED) is 0.493. The Hall–Kier alpha value is -2.58. The highest BCUT2D eigenvalue weighted by atomic mass is 16.7. The van der Waals surface area contributed by atoms with Crippen LogP contribution in [0.5, 0.6) is 0 Å². The molecule has 2 N–H and O–H groups in total. The molecule has 0 bridgehead atoms. The lowest BCUT2D eigenvalue weighted by Crippen LogP contribution is -2.61. The highest BCUT2D eigenvalue weighted by Crippen LogP contribution is 2.29. The molecule has 0 aliphatic carbocycles. The second-order valence-electron chi connectivity index (χ2n) is 8.03. The Bertz CT molecular complexity index is 937. The van der Waals surface area contributed by atoms with Crippen LogP contribution in [0.1, 0.15) is 16.7 Å². The molecule has 4 rings (SSSR count). The number of hydrogen-bond acceptors (Lipinski definition) is 6. The van der Waals surface area contributed by atoms with Gasteiger partial charge in [0, 0.05) is 0 Å². The average molecular weight is 451 g/mol. The van der Waals surface area contributed by atoms with E-state index >= 15 is 0 Å². The van der Waals surface area contributed by atoms with E-state index < -0.39 is 30.7 Å². The third-order valence-electron chi connectivity index (χ3n) is 5.65. The zero-order chi connectivity index (χ0) is 22.9. The topological polar surface area (TPSA) is 77.4 Å². The van der Waals surface area contributed by atoms with Gasteiger partial charge in [0.2, 0.25) is 0 Å². The smallest absolute Gasteiger partial charge is 0.184 e. The van der Waals surface area contributed by atoms with Crippen molar-refractivity contribution in [3.63, 3.8) is 0 Å². The summed E-state index contributed by atoms with van der Waals surface area (Å²) in [6.45, 7) is 0.601. The van der Waals surface area contributed by atoms with Gasteiger partial charge in [-0.3, -0.25) is 0 Å². The van der Waals surface area contributed by atoms with Gasteiger partial charge in [-0.15, -0.1) is 0 Å². The van der Waals surface area contributed by atoms with Crippen LogP contribution in [0.25, 0.3) is 0 Å². The van der Waals surface area contributed by atoms with Crippen molar-refractivity contribution in [3.8, 4) is 0 Å². The van der Waals surface area contributed by atoms with Crippen LogP contribution in [0.15, 0.2) is 91.0 Å². The van der Waals surface area contributed by atoms with E-state index in [4.69, 9.17) is 18.9 Å². The summed E-state index contributed by atoms with van der Waals surface area (Å²) < 4.78 is 24.3. The Kier molecular flexibility index (Phi) is 8.60. The first-order valence-corrected chi connectivity index (χ1v) is 11.2. The fourth-order valence-corrected chi connectivity index (χ4v) is 3.91. The van der Waals surface area contributed by atoms with Crippen LogP contribution in [-0.2, 0) is 38.8 Å². The van der Waals surface area contributed by atoms with Gasteiger partial charge in [-0.1, -0.05) is 91.0 Å². The molecule has 0 aromatic heterocycles. The van der Waals surface area contributed by atoms with E-state index in [2.05, 4.69) is 0 Å². The highest BCUT2D eigenvalue weighted by molar-refractivity contribution is 5.15. The van der Waals surface area contributed by atoms with E-state index in [1.54, 1.807) is 0 Å². The fraction of sp³-hybridized carbons (Fsp3) is 0.333. The molecule has 0 radical (unpaired) electrons. The zero-order valence-electron chi connectivity index (χ0n) is 18.4. The van der Waals surface area contributed by atoms with E-state index in [1.165, 1.54) is 0 Å². The number of rotatable bonds is 10. The lowest BCUT2D eigenvalue weighted by Gasteiger charge is -2.44. The van der Waals surface area contributed by atoms with Crippen molar-refractivity contribution in [3.05, 3.63) is 108 Å². The first kappa shape index (κ1) is 23.6. The van der Waals surface area contributed by atoms with E-state index in [1.807, 2.05) is 91.0 Å². The van der Waals surface area contributed by atoms with Crippen molar-refractivity contribution in [1.29, 1.82) is 0 Å². The van der Waals surface area contributed by atoms with E-state index in [0.717, 1.165) is 16.7 Å². The maximum atomic E-state index is 10.7. The minimum absolute atomic E-state index is 0.284. The van der Waals surface area contributed by atoms with Gasteiger partial charge in [-0.05, 0) is 16.7 Å². The van der Waals surface area contributed by atoms with E-state index in [-0.39, 0.29) is 13.2 Å². The van der Waals surface area contributed by atoms with Crippen LogP contribution >= 0.6 is 0 Å². The third-order valence-corrected chi connectivity index (χ3v) is 5.65. The number of aliphatic hydroxyl groups is 2. The molecule has 1 heterocycles. The van der Waals surface area contributed by atoms with Crippen LogP contribution < -0.4 is 0 Å². The summed E-state index contributed by atoms with van der Waals surface area (Å²) in [6.07, 6.45) is -4.09. The second kappa shape index (κ2) is 12.0. The van der Waals surface area contributed by atoms with E-state index in [9.17, 15) is 10.2 Å². The lowest BCUT2D eigenvalue weighted by molar-refractivity contribution is -0.315. The zero-order valence-corrected chi connectivity index (χ0v) is 18.4. The van der Waals surface area contributed by atoms with Crippen molar-refractivity contribution < 1.29 is 29.2 Å². The molecular formula is C27H30O6. The molecule has 2 unspecified atom stereocenters. The largest absolute Gasteiger partial charge is 0.394 e. The minimum atomic E-state index is -1.26. The van der Waals surface area contributed by atoms with Gasteiger partial charge < -0.3 is 29.2 Å². The number of ether oxygens (including phenoxy) is 4. The Balaban J connectivity index is 1.53. The Morgan fingerprint density at radius 2 is 0.970 bits per heavy atom. The van der Waals surface area contributed by atoms with Crippen molar-refractivity contribution in [2.75, 3.05) is 6.61 Å². The molecule has 3 aromatic rings. The molecule has 0 amide bonds. The molecule has 0 spiro atoms. The molecule has 6 nitrogen and oxygen atoms in total. The molecule has 3 aromatic carbocycles. The highest BCUT2D eigenvalue weighted by Gasteiger charge is 2.47. The molecular weight excluding hydrogens is 420 g/mol. The van der Waals surface area contributed by atoms with Gasteiger partial charge in [0.15, 0.2) is 6.29 Å². The summed E-state index contributed by atoms with van der Waals surface area (Å²) in [4.78, 5) is 0. The van der Waals surface area contributed by atoms with Crippen LogP contribution in [0.2, 0.25) is 0 Å². The molecule has 1 fully saturated rings. The van der Waals surface area contributed by atoms with Crippen molar-refractivity contribution in [2.24, 2.45) is 0 Å². The van der Waals surface area contributed by atoms with Crippen molar-refractivity contribution >= 4 is 0 Å². The Morgan fingerprint density at radius 3 is 1.39 bits per heavy atom. The maximum absolute atomic E-state index is 10.7. The maximum Gasteiger partial charge on any atom is 0.184 e. The Labute approximate surface area is 194 Å². The number of aliphatic hydroxyl groups excluding tert-OH is 2. The molecule has 1 aliphatic rings. The van der Waals surface area contributed by atoms with Crippen molar-refractivity contribution in [1.82, 2.24) is 0 Å². The molecule has 174 valence electrons. The molecule has 0 saturated carbocycles. The normalized spacial score (nSPS) is 25.1. The Morgan fingerprint density at radius 1 is 0.576 bits per heavy atom. The SMILES string of the molecule is OCC1O[C@H](O)C(OCc2ccccc2)[C@H](OCc2ccccc2)[C@H]1OCc1ccccc1. The summed E-state index contributed by atoms with van der Waals surface area (Å²) in [7, 11) is 0. The van der Waals surface area contributed by atoms with Gasteiger partial charge in [0.05, 0.1) is 26.4 Å². The van der Waals surface area contributed by atoms with Gasteiger partial charge >= 0.3 is 0 Å². The molecule has 33 heavy (non-hydrogen) atoms. The summed E-state index contributed by atoms with van der Waals surface area (Å²) in [5.41, 5.74) is 2.95. The summed E-state index contributed by atoms with van der Waals surface area (Å²) in [5.74, 6) is 0. The minimum Gasteiger partial charge on any atom is -0.394 e. The van der Waals surface area contributed by atoms with Gasteiger partial charge in [-0.25, -0.2) is 0 Å². The second-order valence-corrected chi connectivity index (χ2v) is 8.03. The summed E-state index contributed by atoms with van der Waals surface area (Å²) >= 11 is 0. The fourth-order valence-electron chi connectivity index (χ4n) is 3.91. The molecule has 1 aliphatic heterocycles. The predicted molar refractivity (Wildman–Crippen MR) is 123 cm³/mol. The third kappa shape index (κ3) is 6.48. The first-order valence-electron chi connectivity index (χ1n) is 11.2. The predicted octanol–water partition coefficient (Wildman–Crippen LogP) is 3.45. The number of benzene rings is 3. The average Bonchev–Trinajstić information content (AvgIpc) is 2.87. The van der Waals surface area contributed by atoms with E-state index in [0.29, 0.717) is 13.2 Å². The van der Waals surface area contributed by atoms with Crippen LogP contribution in [0.4, 0.5) is 0 Å². The molecule has 5 atom stereocenters. The van der Waals surface area contributed by atoms with Crippen LogP contribution in [0, 0.1) is 0 Å². The first-order chi connectivity index (χ1) is 16.2. The van der Waals surface area contributed by atoms with Crippen LogP contribution in [0.3, 0.4) is 0 Å². The molecule has 6 heteroatoms. The summed E-state index contributed by atoms with van der Waals surface area (Å²) in [5, 5.41) is 20.7. The van der Waals surface area contributed by atoms with Gasteiger partial charge in [-0.2, -0.15) is 0 Å². The monoisotopic (exact) mass is 450 g/mol. The van der Waals surface area contributed by atoms with Crippen molar-refractivity contribution in [2.45, 2.75) is 50.5 Å².